The first kappa shape index (κ1) is 23.4. The molecule has 178 valence electrons. The lowest BCUT2D eigenvalue weighted by molar-refractivity contribution is 0.102. The van der Waals surface area contributed by atoms with Gasteiger partial charge in [-0.3, -0.25) is 18.9 Å². The van der Waals surface area contributed by atoms with E-state index in [0.717, 1.165) is 0 Å². The first-order valence-corrected chi connectivity index (χ1v) is 11.9. The van der Waals surface area contributed by atoms with Gasteiger partial charge in [-0.1, -0.05) is 0 Å². The van der Waals surface area contributed by atoms with E-state index in [1.165, 1.54) is 31.5 Å². The second-order valence-electron chi connectivity index (χ2n) is 8.72. The number of pyridine rings is 1. The van der Waals surface area contributed by atoms with Crippen molar-refractivity contribution in [3.05, 3.63) is 53.1 Å². The van der Waals surface area contributed by atoms with Crippen molar-refractivity contribution in [2.45, 2.75) is 36.3 Å². The number of aliphatic imine (C=N–C) groups is 1. The van der Waals surface area contributed by atoms with E-state index in [-0.39, 0.29) is 30.3 Å². The Kier molecular flexibility index (Phi) is 5.64. The number of methoxy groups -OCH3 is 1. The number of rotatable bonds is 4. The third-order valence-electron chi connectivity index (χ3n) is 6.40. The number of aryl methyl sites for hydroxylation is 1. The van der Waals surface area contributed by atoms with Crippen molar-refractivity contribution in [3.8, 4) is 5.75 Å². The smallest absolute Gasteiger partial charge is 0.274 e. The molecule has 4 rings (SSSR count). The Balaban J connectivity index is 1.74. The molecule has 1 aromatic heterocycles. The van der Waals surface area contributed by atoms with Gasteiger partial charge in [0.1, 0.15) is 38.6 Å². The molecule has 1 fully saturated rings. The minimum Gasteiger partial charge on any atom is -0.495 e. The molecule has 1 saturated heterocycles. The van der Waals surface area contributed by atoms with Crippen molar-refractivity contribution in [3.63, 3.8) is 0 Å². The minimum absolute atomic E-state index is 0.00642. The lowest BCUT2D eigenvalue weighted by Crippen LogP contribution is -2.57. The molecular weight excluding hydrogens is 451 g/mol. The molecular formula is C22H27FN4O5S. The van der Waals surface area contributed by atoms with Crippen molar-refractivity contribution in [2.24, 2.45) is 10.7 Å². The Morgan fingerprint density at radius 3 is 2.76 bits per heavy atom. The van der Waals surface area contributed by atoms with E-state index in [0.29, 0.717) is 17.0 Å². The van der Waals surface area contributed by atoms with Crippen LogP contribution >= 0.6 is 10.6 Å². The number of fused-ring (bicyclic) bond motifs is 1. The van der Waals surface area contributed by atoms with Gasteiger partial charge in [0.05, 0.1) is 26.5 Å². The topological polar surface area (TPSA) is 139 Å². The molecule has 3 heterocycles. The van der Waals surface area contributed by atoms with Crippen LogP contribution < -0.4 is 15.8 Å². The van der Waals surface area contributed by atoms with Crippen LogP contribution in [-0.4, -0.2) is 56.2 Å². The molecule has 1 aromatic carbocycles. The fraction of sp³-hybridized carbons (Fsp3) is 0.409. The summed E-state index contributed by atoms with van der Waals surface area (Å²) in [5.41, 5.74) is 5.88. The minimum atomic E-state index is -3.36. The molecule has 0 saturated carbocycles. The van der Waals surface area contributed by atoms with Crippen molar-refractivity contribution < 1.29 is 27.8 Å². The molecule has 0 radical (unpaired) electrons. The van der Waals surface area contributed by atoms with Gasteiger partial charge in [0.2, 0.25) is 0 Å². The molecule has 9 nitrogen and oxygen atoms in total. The molecule has 33 heavy (non-hydrogen) atoms. The molecule has 5 N–H and O–H groups in total. The molecule has 2 aromatic rings. The third-order valence-corrected chi connectivity index (χ3v) is 9.43. The fourth-order valence-electron chi connectivity index (χ4n) is 4.22. The van der Waals surface area contributed by atoms with Crippen LogP contribution in [0.25, 0.3) is 0 Å². The van der Waals surface area contributed by atoms with Crippen LogP contribution in [-0.2, 0) is 10.3 Å². The van der Waals surface area contributed by atoms with Gasteiger partial charge in [0.25, 0.3) is 5.91 Å². The quantitative estimate of drug-likeness (QED) is 0.529. The first-order chi connectivity index (χ1) is 15.4. The fourth-order valence-corrected chi connectivity index (χ4v) is 6.36. The van der Waals surface area contributed by atoms with Gasteiger partial charge < -0.3 is 20.5 Å². The number of aromatic nitrogens is 1. The van der Waals surface area contributed by atoms with E-state index in [2.05, 4.69) is 15.3 Å². The largest absolute Gasteiger partial charge is 0.495 e. The van der Waals surface area contributed by atoms with Gasteiger partial charge in [-0.15, -0.1) is 0 Å². The number of amidine groups is 1. The zero-order valence-corrected chi connectivity index (χ0v) is 19.6. The number of nitrogens with zero attached hydrogens (tertiary/aromatic N) is 2. The van der Waals surface area contributed by atoms with E-state index < -0.39 is 37.9 Å². The van der Waals surface area contributed by atoms with E-state index in [9.17, 15) is 13.9 Å². The van der Waals surface area contributed by atoms with Crippen LogP contribution in [0, 0.1) is 12.7 Å². The Labute approximate surface area is 192 Å². The summed E-state index contributed by atoms with van der Waals surface area (Å²) >= 11 is 0. The molecule has 11 heteroatoms. The number of ether oxygens (including phenoxy) is 2. The van der Waals surface area contributed by atoms with Crippen molar-refractivity contribution in [1.82, 2.24) is 4.98 Å². The van der Waals surface area contributed by atoms with Crippen molar-refractivity contribution >= 4 is 28.0 Å². The number of carbonyl (C=O) groups excluding carboxylic acids is 1. The summed E-state index contributed by atoms with van der Waals surface area (Å²) in [7, 11) is -1.85. The van der Waals surface area contributed by atoms with Crippen LogP contribution in [0.4, 0.5) is 10.1 Å². The third kappa shape index (κ3) is 3.55. The number of benzene rings is 1. The molecule has 0 unspecified atom stereocenters. The number of amides is 1. The van der Waals surface area contributed by atoms with Crippen LogP contribution in [0.2, 0.25) is 0 Å². The highest BCUT2D eigenvalue weighted by atomic mass is 32.3. The van der Waals surface area contributed by atoms with Crippen LogP contribution in [0.15, 0.2) is 35.5 Å². The first-order valence-electron chi connectivity index (χ1n) is 10.3. The number of anilines is 1. The summed E-state index contributed by atoms with van der Waals surface area (Å²) in [6, 6.07) is 5.72. The number of nitrogens with two attached hydrogens (primary N) is 1. The standard InChI is InChI=1S/C22H27FN4O5S/c1-12-7-14(31-4)9-25-18(12)19(28)26-13-5-6-16(23)15(8-13)22-11-32-10-17(22)33(29,30)21(2,3)20(24)27-22/h5-9,17,29-30H,10-11H2,1-4H3,(H2,24,27)(H,26,28)/t17-,22+/m1/s1. The van der Waals surface area contributed by atoms with Crippen molar-refractivity contribution in [2.75, 3.05) is 25.6 Å². The lowest BCUT2D eigenvalue weighted by Gasteiger charge is -2.56. The van der Waals surface area contributed by atoms with Crippen LogP contribution in [0.3, 0.4) is 0 Å². The van der Waals surface area contributed by atoms with Gasteiger partial charge in [0.15, 0.2) is 0 Å². The van der Waals surface area contributed by atoms with E-state index in [1.807, 2.05) is 0 Å². The van der Waals surface area contributed by atoms with Gasteiger partial charge in [-0.2, -0.15) is 10.6 Å². The predicted molar refractivity (Wildman–Crippen MR) is 125 cm³/mol. The lowest BCUT2D eigenvalue weighted by atomic mass is 9.87. The highest BCUT2D eigenvalue weighted by Crippen LogP contribution is 2.66. The molecule has 0 spiro atoms. The second kappa shape index (κ2) is 7.94. The molecule has 0 aliphatic carbocycles. The Morgan fingerprint density at radius 1 is 1.36 bits per heavy atom. The van der Waals surface area contributed by atoms with Gasteiger partial charge in [-0.05, 0) is 50.6 Å². The zero-order chi connectivity index (χ0) is 24.2. The van der Waals surface area contributed by atoms with Gasteiger partial charge >= 0.3 is 0 Å². The molecule has 2 aliphatic heterocycles. The van der Waals surface area contributed by atoms with E-state index in [1.54, 1.807) is 26.8 Å². The number of hydrogen-bond donors (Lipinski definition) is 4. The number of halogens is 1. The molecule has 2 aliphatic rings. The molecule has 2 atom stereocenters. The predicted octanol–water partition coefficient (Wildman–Crippen LogP) is 3.28. The maximum Gasteiger partial charge on any atom is 0.274 e. The average molecular weight is 479 g/mol. The Morgan fingerprint density at radius 2 is 2.09 bits per heavy atom. The van der Waals surface area contributed by atoms with E-state index >= 15 is 4.39 Å². The number of nitrogens with one attached hydrogen (secondary N) is 1. The molecule has 1 amide bonds. The normalized spacial score (nSPS) is 26.2. The van der Waals surface area contributed by atoms with Gasteiger partial charge in [0, 0.05) is 11.3 Å². The highest BCUT2D eigenvalue weighted by molar-refractivity contribution is 8.26. The summed E-state index contributed by atoms with van der Waals surface area (Å²) < 4.78 is 46.8. The summed E-state index contributed by atoms with van der Waals surface area (Å²) in [6.45, 7) is 4.85. The van der Waals surface area contributed by atoms with Gasteiger partial charge in [-0.25, -0.2) is 9.37 Å². The van der Waals surface area contributed by atoms with Crippen molar-refractivity contribution in [1.29, 1.82) is 0 Å². The van der Waals surface area contributed by atoms with Crippen LogP contribution in [0.1, 0.15) is 35.5 Å². The number of hydrogen-bond acceptors (Lipinski definition) is 8. The second-order valence-corrected chi connectivity index (χ2v) is 11.5. The Hall–Kier alpha value is -2.73. The monoisotopic (exact) mass is 478 g/mol. The zero-order valence-electron chi connectivity index (χ0n) is 18.8. The maximum atomic E-state index is 15.1. The molecule has 0 bridgehead atoms. The summed E-state index contributed by atoms with van der Waals surface area (Å²) in [5, 5.41) is 1.83. The summed E-state index contributed by atoms with van der Waals surface area (Å²) in [4.78, 5) is 21.5. The SMILES string of the molecule is COc1cnc(C(=O)Nc2ccc(F)c([C@@]34COC[C@H]3S(O)(O)C(C)(C)C(N)=N4)c2)c(C)c1. The van der Waals surface area contributed by atoms with E-state index in [4.69, 9.17) is 15.2 Å². The van der Waals surface area contributed by atoms with Crippen LogP contribution in [0.5, 0.6) is 5.75 Å². The average Bonchev–Trinajstić information content (AvgIpc) is 3.19. The summed E-state index contributed by atoms with van der Waals surface area (Å²) in [5.74, 6) is -0.569. The Bertz CT molecular complexity index is 1160. The maximum absolute atomic E-state index is 15.1. The number of carbonyl (C=O) groups is 1. The summed E-state index contributed by atoms with van der Waals surface area (Å²) in [6.07, 6.45) is 1.43. The highest BCUT2D eigenvalue weighted by Gasteiger charge is 2.61.